The molecule has 4 rings (SSSR count). The standard InChI is InChI=1S/C28H29ClN2O6S/c1-20-25(29)11-6-12-26(20)38(34,35)30-27(32)24-10-5-9-22(16-24)15-23-17-31(13-14-36-18-23)28(33)37-19-21-7-3-2-4-8-21/h2-12,16,23H,13-15,17-19H2,1H3,(H,30,32). The predicted octanol–water partition coefficient (Wildman–Crippen LogP) is 4.59. The Bertz CT molecular complexity index is 1400. The molecule has 200 valence electrons. The van der Waals surface area contributed by atoms with Crippen LogP contribution in [0.1, 0.15) is 27.0 Å². The second kappa shape index (κ2) is 12.4. The summed E-state index contributed by atoms with van der Waals surface area (Å²) in [6.07, 6.45) is 0.128. The summed E-state index contributed by atoms with van der Waals surface area (Å²) >= 11 is 6.05. The zero-order chi connectivity index (χ0) is 27.1. The Hall–Kier alpha value is -3.40. The Kier molecular flexibility index (Phi) is 9.04. The molecule has 0 spiro atoms. The van der Waals surface area contributed by atoms with Gasteiger partial charge in [-0.05, 0) is 54.3 Å². The van der Waals surface area contributed by atoms with Crippen LogP contribution in [0.5, 0.6) is 0 Å². The van der Waals surface area contributed by atoms with Crippen molar-refractivity contribution < 1.29 is 27.5 Å². The molecule has 3 aromatic rings. The maximum absolute atomic E-state index is 12.8. The van der Waals surface area contributed by atoms with Crippen LogP contribution in [-0.4, -0.2) is 51.6 Å². The third kappa shape index (κ3) is 7.12. The lowest BCUT2D eigenvalue weighted by molar-refractivity contribution is 0.0914. The van der Waals surface area contributed by atoms with E-state index in [1.54, 1.807) is 36.1 Å². The largest absolute Gasteiger partial charge is 0.445 e. The summed E-state index contributed by atoms with van der Waals surface area (Å²) < 4.78 is 39.0. The van der Waals surface area contributed by atoms with E-state index in [0.29, 0.717) is 43.3 Å². The molecule has 1 N–H and O–H groups in total. The van der Waals surface area contributed by atoms with E-state index in [4.69, 9.17) is 21.1 Å². The van der Waals surface area contributed by atoms with Gasteiger partial charge in [-0.3, -0.25) is 4.79 Å². The predicted molar refractivity (Wildman–Crippen MR) is 143 cm³/mol. The smallest absolute Gasteiger partial charge is 0.410 e. The zero-order valence-corrected chi connectivity index (χ0v) is 22.5. The molecule has 38 heavy (non-hydrogen) atoms. The van der Waals surface area contributed by atoms with Crippen LogP contribution >= 0.6 is 11.6 Å². The molecule has 3 aromatic carbocycles. The Morgan fingerprint density at radius 3 is 2.58 bits per heavy atom. The molecule has 2 amide bonds. The Labute approximate surface area is 227 Å². The Morgan fingerprint density at radius 1 is 1.05 bits per heavy atom. The van der Waals surface area contributed by atoms with E-state index in [2.05, 4.69) is 4.72 Å². The van der Waals surface area contributed by atoms with Crippen LogP contribution in [0.15, 0.2) is 77.7 Å². The fraction of sp³-hybridized carbons (Fsp3) is 0.286. The fourth-order valence-corrected chi connectivity index (χ4v) is 5.74. The molecule has 0 aromatic heterocycles. The van der Waals surface area contributed by atoms with Gasteiger partial charge in [0.15, 0.2) is 0 Å². The zero-order valence-electron chi connectivity index (χ0n) is 20.9. The number of hydrogen-bond acceptors (Lipinski definition) is 6. The van der Waals surface area contributed by atoms with Gasteiger partial charge in [0, 0.05) is 29.6 Å². The van der Waals surface area contributed by atoms with E-state index >= 15 is 0 Å². The van der Waals surface area contributed by atoms with Gasteiger partial charge in [-0.25, -0.2) is 17.9 Å². The highest BCUT2D eigenvalue weighted by Gasteiger charge is 2.25. The summed E-state index contributed by atoms with van der Waals surface area (Å²) in [6.45, 7) is 3.48. The molecule has 0 aliphatic carbocycles. The molecular formula is C28H29ClN2O6S. The van der Waals surface area contributed by atoms with Gasteiger partial charge in [0.2, 0.25) is 0 Å². The summed E-state index contributed by atoms with van der Waals surface area (Å²) in [4.78, 5) is 27.1. The molecule has 0 bridgehead atoms. The van der Waals surface area contributed by atoms with Gasteiger partial charge in [-0.2, -0.15) is 0 Å². The van der Waals surface area contributed by atoms with Crippen molar-refractivity contribution >= 4 is 33.6 Å². The molecule has 1 aliphatic rings. The molecule has 1 unspecified atom stereocenters. The number of ether oxygens (including phenoxy) is 2. The summed E-state index contributed by atoms with van der Waals surface area (Å²) in [6, 6.07) is 20.7. The van der Waals surface area contributed by atoms with E-state index in [-0.39, 0.29) is 23.0 Å². The van der Waals surface area contributed by atoms with Gasteiger partial charge in [0.1, 0.15) is 6.61 Å². The number of carbonyl (C=O) groups excluding carboxylic acids is 2. The number of sulfonamides is 1. The van der Waals surface area contributed by atoms with E-state index in [0.717, 1.165) is 11.1 Å². The van der Waals surface area contributed by atoms with Gasteiger partial charge in [0.05, 0.1) is 18.1 Å². The van der Waals surface area contributed by atoms with Crippen LogP contribution in [0.2, 0.25) is 5.02 Å². The van der Waals surface area contributed by atoms with Crippen molar-refractivity contribution in [1.29, 1.82) is 0 Å². The quantitative estimate of drug-likeness (QED) is 0.456. The first-order valence-corrected chi connectivity index (χ1v) is 14.0. The van der Waals surface area contributed by atoms with Gasteiger partial charge >= 0.3 is 6.09 Å². The molecule has 0 saturated carbocycles. The Balaban J connectivity index is 1.39. The van der Waals surface area contributed by atoms with Crippen LogP contribution in [0.4, 0.5) is 4.79 Å². The summed E-state index contributed by atoms with van der Waals surface area (Å²) in [7, 11) is -4.11. The van der Waals surface area contributed by atoms with E-state index in [1.165, 1.54) is 12.1 Å². The van der Waals surface area contributed by atoms with Gasteiger partial charge in [0.25, 0.3) is 15.9 Å². The van der Waals surface area contributed by atoms with Gasteiger partial charge < -0.3 is 14.4 Å². The van der Waals surface area contributed by atoms with E-state index in [9.17, 15) is 18.0 Å². The average molecular weight is 557 g/mol. The number of nitrogens with one attached hydrogen (secondary N) is 1. The highest BCUT2D eigenvalue weighted by molar-refractivity contribution is 7.90. The van der Waals surface area contributed by atoms with E-state index in [1.807, 2.05) is 36.4 Å². The van der Waals surface area contributed by atoms with Crippen molar-refractivity contribution in [2.24, 2.45) is 5.92 Å². The maximum Gasteiger partial charge on any atom is 0.410 e. The highest BCUT2D eigenvalue weighted by Crippen LogP contribution is 2.23. The highest BCUT2D eigenvalue weighted by atomic mass is 35.5. The second-order valence-electron chi connectivity index (χ2n) is 9.13. The minimum absolute atomic E-state index is 0.0297. The molecular weight excluding hydrogens is 528 g/mol. The SMILES string of the molecule is Cc1c(Cl)cccc1S(=O)(=O)NC(=O)c1cccc(CC2COCCN(C(=O)OCc3ccccc3)C2)c1. The van der Waals surface area contributed by atoms with Crippen molar-refractivity contribution in [3.63, 3.8) is 0 Å². The number of carbonyl (C=O) groups is 2. The molecule has 0 radical (unpaired) electrons. The van der Waals surface area contributed by atoms with Crippen molar-refractivity contribution in [3.05, 3.63) is 100 Å². The van der Waals surface area contributed by atoms with Crippen LogP contribution < -0.4 is 4.72 Å². The first-order valence-electron chi connectivity index (χ1n) is 12.2. The summed E-state index contributed by atoms with van der Waals surface area (Å²) in [5, 5.41) is 0.297. The minimum Gasteiger partial charge on any atom is -0.445 e. The lowest BCUT2D eigenvalue weighted by Gasteiger charge is -2.23. The van der Waals surface area contributed by atoms with Crippen molar-refractivity contribution in [2.75, 3.05) is 26.3 Å². The van der Waals surface area contributed by atoms with Crippen molar-refractivity contribution in [2.45, 2.75) is 24.8 Å². The number of hydrogen-bond donors (Lipinski definition) is 1. The molecule has 8 nitrogen and oxygen atoms in total. The monoisotopic (exact) mass is 556 g/mol. The number of amides is 2. The summed E-state index contributed by atoms with van der Waals surface area (Å²) in [5.74, 6) is -0.771. The van der Waals surface area contributed by atoms with Crippen LogP contribution in [-0.2, 0) is 32.5 Å². The maximum atomic E-state index is 12.8. The number of benzene rings is 3. The molecule has 10 heteroatoms. The first kappa shape index (κ1) is 27.6. The van der Waals surface area contributed by atoms with Gasteiger partial charge in [-0.1, -0.05) is 60.1 Å². The second-order valence-corrected chi connectivity index (χ2v) is 11.2. The fourth-order valence-electron chi connectivity index (χ4n) is 4.27. The minimum atomic E-state index is -4.11. The first-order chi connectivity index (χ1) is 18.2. The lowest BCUT2D eigenvalue weighted by Crippen LogP contribution is -2.36. The number of rotatable bonds is 7. The molecule has 1 atom stereocenters. The van der Waals surface area contributed by atoms with Gasteiger partial charge in [-0.15, -0.1) is 0 Å². The summed E-state index contributed by atoms with van der Waals surface area (Å²) in [5.41, 5.74) is 2.30. The van der Waals surface area contributed by atoms with Crippen molar-refractivity contribution in [3.8, 4) is 0 Å². The van der Waals surface area contributed by atoms with E-state index < -0.39 is 22.0 Å². The topological polar surface area (TPSA) is 102 Å². The lowest BCUT2D eigenvalue weighted by atomic mass is 9.98. The van der Waals surface area contributed by atoms with Crippen molar-refractivity contribution in [1.82, 2.24) is 9.62 Å². The molecule has 1 saturated heterocycles. The Morgan fingerprint density at radius 2 is 1.79 bits per heavy atom. The van der Waals surface area contributed by atoms with Crippen LogP contribution in [0, 0.1) is 12.8 Å². The molecule has 1 aliphatic heterocycles. The molecule has 1 heterocycles. The third-order valence-electron chi connectivity index (χ3n) is 6.25. The van der Waals surface area contributed by atoms with Crippen LogP contribution in [0.25, 0.3) is 0 Å². The normalized spacial score (nSPS) is 15.9. The average Bonchev–Trinajstić information content (AvgIpc) is 3.15. The third-order valence-corrected chi connectivity index (χ3v) is 8.13. The number of nitrogens with zero attached hydrogens (tertiary/aromatic N) is 1. The number of halogens is 1. The van der Waals surface area contributed by atoms with Crippen LogP contribution in [0.3, 0.4) is 0 Å². The molecule has 1 fully saturated rings.